The zero-order valence-corrected chi connectivity index (χ0v) is 14.7. The van der Waals surface area contributed by atoms with Crippen molar-refractivity contribution in [2.45, 2.75) is 70.7 Å². The molecule has 0 unspecified atom stereocenters. The van der Waals surface area contributed by atoms with Gasteiger partial charge in [0, 0.05) is 12.3 Å². The monoisotopic (exact) mass is 294 g/mol. The first-order valence-corrected chi connectivity index (χ1v) is 10.3. The van der Waals surface area contributed by atoms with Crippen molar-refractivity contribution in [1.29, 1.82) is 0 Å². The highest BCUT2D eigenvalue weighted by molar-refractivity contribution is 6.74. The second kappa shape index (κ2) is 8.44. The van der Waals surface area contributed by atoms with Crippen molar-refractivity contribution in [1.82, 2.24) is 0 Å². The summed E-state index contributed by atoms with van der Waals surface area (Å²) >= 11 is 0. The third-order valence-corrected chi connectivity index (χ3v) is 8.69. The van der Waals surface area contributed by atoms with Crippen molar-refractivity contribution in [2.75, 3.05) is 0 Å². The Hall–Kier alpha value is -0.853. The van der Waals surface area contributed by atoms with Crippen LogP contribution in [0.25, 0.3) is 0 Å². The molecular weight excluding hydrogens is 264 g/mol. The maximum Gasteiger partial charge on any atom is 0.192 e. The molecule has 0 heterocycles. The Kier molecular flexibility index (Phi) is 8.08. The van der Waals surface area contributed by atoms with Crippen LogP contribution in [0.15, 0.2) is 12.7 Å². The molecule has 0 aromatic heterocycles. The summed E-state index contributed by atoms with van der Waals surface area (Å²) in [6.07, 6.45) is 11.2. The lowest BCUT2D eigenvalue weighted by Gasteiger charge is -2.40. The highest BCUT2D eigenvalue weighted by Crippen LogP contribution is 2.38. The minimum absolute atomic E-state index is 0.0654. The Bertz CT molecular complexity index is 347. The summed E-state index contributed by atoms with van der Waals surface area (Å²) in [7, 11) is -1.89. The van der Waals surface area contributed by atoms with E-state index < -0.39 is 8.32 Å². The van der Waals surface area contributed by atoms with E-state index in [1.807, 2.05) is 6.08 Å². The standard InChI is InChI=1S/C17H30O2Si/c1-8-10-12-15(14-18)16(13-11-9-2)19-20(6,7)17(3,4)5/h2,8,14-16H,1,10-13H2,3-7H3/t15-,16+/m1/s1. The van der Waals surface area contributed by atoms with E-state index in [0.29, 0.717) is 6.42 Å². The van der Waals surface area contributed by atoms with Crippen LogP contribution in [0.5, 0.6) is 0 Å². The first kappa shape index (κ1) is 19.1. The normalized spacial score (nSPS) is 15.2. The molecule has 0 saturated carbocycles. The lowest BCUT2D eigenvalue weighted by molar-refractivity contribution is -0.114. The largest absolute Gasteiger partial charge is 0.413 e. The molecule has 0 rings (SSSR count). The van der Waals surface area contributed by atoms with Crippen LogP contribution in [-0.4, -0.2) is 20.7 Å². The molecule has 0 aliphatic heterocycles. The average Bonchev–Trinajstić information content (AvgIpc) is 2.34. The van der Waals surface area contributed by atoms with Gasteiger partial charge in [0.25, 0.3) is 0 Å². The van der Waals surface area contributed by atoms with Gasteiger partial charge in [0.05, 0.1) is 6.10 Å². The number of carbonyl (C=O) groups is 1. The molecule has 3 heteroatoms. The minimum atomic E-state index is -1.89. The summed E-state index contributed by atoms with van der Waals surface area (Å²) in [5, 5.41) is 0.132. The van der Waals surface area contributed by atoms with Gasteiger partial charge in [-0.2, -0.15) is 0 Å². The topological polar surface area (TPSA) is 26.3 Å². The fourth-order valence-corrected chi connectivity index (χ4v) is 3.20. The number of allylic oxidation sites excluding steroid dienone is 1. The number of aldehydes is 1. The Balaban J connectivity index is 4.99. The van der Waals surface area contributed by atoms with Gasteiger partial charge in [-0.15, -0.1) is 18.9 Å². The van der Waals surface area contributed by atoms with E-state index >= 15 is 0 Å². The van der Waals surface area contributed by atoms with E-state index in [1.165, 1.54) is 0 Å². The molecule has 0 saturated heterocycles. The number of hydrogen-bond donors (Lipinski definition) is 0. The first-order chi connectivity index (χ1) is 9.19. The van der Waals surface area contributed by atoms with Gasteiger partial charge in [0.2, 0.25) is 0 Å². The molecule has 0 aliphatic rings. The lowest BCUT2D eigenvalue weighted by atomic mass is 9.95. The molecule has 0 bridgehead atoms. The lowest BCUT2D eigenvalue weighted by Crippen LogP contribution is -2.46. The first-order valence-electron chi connectivity index (χ1n) is 7.37. The van der Waals surface area contributed by atoms with Crippen LogP contribution in [0.4, 0.5) is 0 Å². The van der Waals surface area contributed by atoms with Gasteiger partial charge in [-0.25, -0.2) is 0 Å². The fourth-order valence-electron chi connectivity index (χ4n) is 1.79. The third kappa shape index (κ3) is 6.07. The molecular formula is C17H30O2Si. The molecule has 0 amide bonds. The van der Waals surface area contributed by atoms with Crippen LogP contribution in [0, 0.1) is 18.3 Å². The molecule has 0 spiro atoms. The summed E-state index contributed by atoms with van der Waals surface area (Å²) < 4.78 is 6.43. The molecule has 0 radical (unpaired) electrons. The van der Waals surface area contributed by atoms with E-state index in [9.17, 15) is 4.79 Å². The van der Waals surface area contributed by atoms with Crippen LogP contribution in [-0.2, 0) is 9.22 Å². The summed E-state index contributed by atoms with van der Waals surface area (Å²) in [5.41, 5.74) is 0. The molecule has 2 nitrogen and oxygen atoms in total. The SMILES string of the molecule is C#CCC[C@H](O[Si](C)(C)C(C)(C)C)[C@@H](C=O)CCC=C. The highest BCUT2D eigenvalue weighted by atomic mass is 28.4. The van der Waals surface area contributed by atoms with Crippen LogP contribution >= 0.6 is 0 Å². The molecule has 0 aliphatic carbocycles. The number of terminal acetylenes is 1. The maximum absolute atomic E-state index is 11.4. The maximum atomic E-state index is 11.4. The molecule has 2 atom stereocenters. The summed E-state index contributed by atoms with van der Waals surface area (Å²) in [5.74, 6) is 2.57. The number of hydrogen-bond acceptors (Lipinski definition) is 2. The van der Waals surface area contributed by atoms with Crippen molar-refractivity contribution in [3.8, 4) is 12.3 Å². The minimum Gasteiger partial charge on any atom is -0.413 e. The third-order valence-electron chi connectivity index (χ3n) is 4.18. The second-order valence-electron chi connectivity index (χ2n) is 6.83. The molecule has 114 valence electrons. The molecule has 0 aromatic carbocycles. The molecule has 0 N–H and O–H groups in total. The van der Waals surface area contributed by atoms with Crippen LogP contribution in [0.3, 0.4) is 0 Å². The van der Waals surface area contributed by atoms with Crippen molar-refractivity contribution in [3.05, 3.63) is 12.7 Å². The molecule has 0 aromatic rings. The second-order valence-corrected chi connectivity index (χ2v) is 11.6. The Morgan fingerprint density at radius 3 is 2.35 bits per heavy atom. The summed E-state index contributed by atoms with van der Waals surface area (Å²) in [6.45, 7) is 14.8. The van der Waals surface area contributed by atoms with Crippen molar-refractivity contribution in [3.63, 3.8) is 0 Å². The predicted molar refractivity (Wildman–Crippen MR) is 89.1 cm³/mol. The molecule has 20 heavy (non-hydrogen) atoms. The van der Waals surface area contributed by atoms with E-state index in [2.05, 4.69) is 46.4 Å². The predicted octanol–water partition coefficient (Wildman–Crippen LogP) is 4.57. The summed E-state index contributed by atoms with van der Waals surface area (Å²) in [4.78, 5) is 11.4. The van der Waals surface area contributed by atoms with Crippen LogP contribution < -0.4 is 0 Å². The van der Waals surface area contributed by atoms with Gasteiger partial charge in [-0.3, -0.25) is 0 Å². The average molecular weight is 295 g/mol. The Morgan fingerprint density at radius 1 is 1.35 bits per heavy atom. The van der Waals surface area contributed by atoms with Crippen LogP contribution in [0.2, 0.25) is 18.1 Å². The zero-order valence-electron chi connectivity index (χ0n) is 13.7. The Labute approximate surface area is 126 Å². The van der Waals surface area contributed by atoms with Gasteiger partial charge >= 0.3 is 0 Å². The fraction of sp³-hybridized carbons (Fsp3) is 0.706. The van der Waals surface area contributed by atoms with Gasteiger partial charge in [-0.1, -0.05) is 26.8 Å². The van der Waals surface area contributed by atoms with Gasteiger partial charge in [0.1, 0.15) is 6.29 Å². The Morgan fingerprint density at radius 2 is 1.95 bits per heavy atom. The number of rotatable bonds is 9. The van der Waals surface area contributed by atoms with Gasteiger partial charge in [0.15, 0.2) is 8.32 Å². The van der Waals surface area contributed by atoms with Crippen molar-refractivity contribution in [2.24, 2.45) is 5.92 Å². The summed E-state index contributed by atoms with van der Waals surface area (Å²) in [6, 6.07) is 0. The molecule has 0 fully saturated rings. The smallest absolute Gasteiger partial charge is 0.192 e. The van der Waals surface area contributed by atoms with Gasteiger partial charge in [-0.05, 0) is 37.4 Å². The van der Waals surface area contributed by atoms with E-state index in [1.54, 1.807) is 0 Å². The van der Waals surface area contributed by atoms with E-state index in [4.69, 9.17) is 10.8 Å². The quantitative estimate of drug-likeness (QED) is 0.269. The van der Waals surface area contributed by atoms with E-state index in [0.717, 1.165) is 25.5 Å². The highest BCUT2D eigenvalue weighted by Gasteiger charge is 2.40. The zero-order chi connectivity index (χ0) is 15.8. The van der Waals surface area contributed by atoms with E-state index in [-0.39, 0.29) is 17.1 Å². The van der Waals surface area contributed by atoms with Crippen molar-refractivity contribution < 1.29 is 9.22 Å². The van der Waals surface area contributed by atoms with Crippen molar-refractivity contribution >= 4 is 14.6 Å². The van der Waals surface area contributed by atoms with Crippen LogP contribution in [0.1, 0.15) is 46.5 Å². The van der Waals surface area contributed by atoms with Gasteiger partial charge < -0.3 is 9.22 Å². The number of carbonyl (C=O) groups excluding carboxylic acids is 1.